The first-order chi connectivity index (χ1) is 8.18. The number of carboxylic acid groups (broad SMARTS) is 1. The highest BCUT2D eigenvalue weighted by Gasteiger charge is 2.25. The summed E-state index contributed by atoms with van der Waals surface area (Å²) in [4.78, 5) is 10.5. The molecule has 0 amide bonds. The highest BCUT2D eigenvalue weighted by Crippen LogP contribution is 2.34. The lowest BCUT2D eigenvalue weighted by atomic mass is 10.0. The van der Waals surface area contributed by atoms with E-state index in [1.807, 2.05) is 0 Å². The fourth-order valence-corrected chi connectivity index (χ4v) is 2.98. The molecule has 2 rings (SSSR count). The average molecular weight is 256 g/mol. The summed E-state index contributed by atoms with van der Waals surface area (Å²) >= 11 is 1.18. The first-order valence-corrected chi connectivity index (χ1v) is 6.79. The van der Waals surface area contributed by atoms with Crippen LogP contribution in [-0.4, -0.2) is 37.0 Å². The van der Waals surface area contributed by atoms with Crippen molar-refractivity contribution < 1.29 is 9.90 Å². The van der Waals surface area contributed by atoms with Gasteiger partial charge in [-0.05, 0) is 36.1 Å². The number of aliphatic carboxylic acids is 1. The Labute approximate surface area is 104 Å². The van der Waals surface area contributed by atoms with Crippen LogP contribution in [0.2, 0.25) is 0 Å². The molecule has 1 aliphatic rings. The van der Waals surface area contributed by atoms with Crippen molar-refractivity contribution in [1.82, 2.24) is 20.2 Å². The molecule has 1 unspecified atom stereocenters. The number of tetrazole rings is 1. The van der Waals surface area contributed by atoms with Gasteiger partial charge in [-0.1, -0.05) is 24.6 Å². The molecule has 94 valence electrons. The third-order valence-electron chi connectivity index (χ3n) is 3.26. The molecular formula is C10H16N4O2S. The summed E-state index contributed by atoms with van der Waals surface area (Å²) in [5.74, 6) is -0.238. The fraction of sp³-hybridized carbons (Fsp3) is 0.800. The van der Waals surface area contributed by atoms with Gasteiger partial charge in [-0.15, -0.1) is 5.10 Å². The highest BCUT2D eigenvalue weighted by atomic mass is 32.2. The average Bonchev–Trinajstić information content (AvgIpc) is 2.96. The Morgan fingerprint density at radius 2 is 2.29 bits per heavy atom. The van der Waals surface area contributed by atoms with E-state index in [0.29, 0.717) is 11.1 Å². The number of hydrogen-bond acceptors (Lipinski definition) is 5. The minimum absolute atomic E-state index is 0.00222. The first-order valence-electron chi connectivity index (χ1n) is 5.81. The Morgan fingerprint density at radius 1 is 1.59 bits per heavy atom. The van der Waals surface area contributed by atoms with Crippen molar-refractivity contribution in [3.8, 4) is 0 Å². The van der Waals surface area contributed by atoms with Gasteiger partial charge in [-0.2, -0.15) is 0 Å². The Hall–Kier alpha value is -1.11. The van der Waals surface area contributed by atoms with Crippen LogP contribution in [0, 0.1) is 5.92 Å². The van der Waals surface area contributed by atoms with Gasteiger partial charge in [-0.25, -0.2) is 4.68 Å². The third-order valence-corrected chi connectivity index (χ3v) is 4.17. The largest absolute Gasteiger partial charge is 0.481 e. The van der Waals surface area contributed by atoms with Crippen LogP contribution in [0.5, 0.6) is 0 Å². The monoisotopic (exact) mass is 256 g/mol. The SMILES string of the molecule is CC(C1CCCC1)n1nnnc1SCC(=O)O. The van der Waals surface area contributed by atoms with Gasteiger partial charge in [0.25, 0.3) is 0 Å². The molecule has 0 bridgehead atoms. The van der Waals surface area contributed by atoms with Gasteiger partial charge in [0.15, 0.2) is 0 Å². The second-order valence-corrected chi connectivity index (χ2v) is 5.32. The topological polar surface area (TPSA) is 80.9 Å². The molecule has 0 radical (unpaired) electrons. The number of thioether (sulfide) groups is 1. The van der Waals surface area contributed by atoms with Crippen molar-refractivity contribution in [3.05, 3.63) is 0 Å². The predicted molar refractivity (Wildman–Crippen MR) is 62.8 cm³/mol. The number of nitrogens with zero attached hydrogens (tertiary/aromatic N) is 4. The van der Waals surface area contributed by atoms with Gasteiger partial charge >= 0.3 is 5.97 Å². The first kappa shape index (κ1) is 12.3. The molecule has 1 saturated carbocycles. The molecular weight excluding hydrogens is 240 g/mol. The second kappa shape index (κ2) is 5.48. The molecule has 0 aliphatic heterocycles. The second-order valence-electron chi connectivity index (χ2n) is 4.37. The summed E-state index contributed by atoms with van der Waals surface area (Å²) < 4.78 is 1.77. The molecule has 1 atom stereocenters. The van der Waals surface area contributed by atoms with E-state index in [2.05, 4.69) is 22.4 Å². The van der Waals surface area contributed by atoms with Crippen LogP contribution in [0.4, 0.5) is 0 Å². The summed E-state index contributed by atoms with van der Waals surface area (Å²) in [5, 5.41) is 20.8. The fourth-order valence-electron chi connectivity index (χ4n) is 2.30. The lowest BCUT2D eigenvalue weighted by molar-refractivity contribution is -0.133. The van der Waals surface area contributed by atoms with E-state index in [-0.39, 0.29) is 11.8 Å². The van der Waals surface area contributed by atoms with Gasteiger partial charge < -0.3 is 5.11 Å². The van der Waals surface area contributed by atoms with Gasteiger partial charge in [-0.3, -0.25) is 4.79 Å². The zero-order valence-corrected chi connectivity index (χ0v) is 10.6. The Morgan fingerprint density at radius 3 is 2.94 bits per heavy atom. The number of aromatic nitrogens is 4. The van der Waals surface area contributed by atoms with E-state index in [4.69, 9.17) is 5.11 Å². The third kappa shape index (κ3) is 2.96. The van der Waals surface area contributed by atoms with Crippen molar-refractivity contribution in [2.45, 2.75) is 43.8 Å². The quantitative estimate of drug-likeness (QED) is 0.806. The molecule has 1 aromatic rings. The van der Waals surface area contributed by atoms with Crippen molar-refractivity contribution in [2.24, 2.45) is 5.92 Å². The van der Waals surface area contributed by atoms with E-state index in [1.54, 1.807) is 4.68 Å². The summed E-state index contributed by atoms with van der Waals surface area (Å²) in [6.45, 7) is 2.11. The van der Waals surface area contributed by atoms with Crippen molar-refractivity contribution in [3.63, 3.8) is 0 Å². The van der Waals surface area contributed by atoms with Crippen molar-refractivity contribution in [1.29, 1.82) is 0 Å². The van der Waals surface area contributed by atoms with Gasteiger partial charge in [0.05, 0.1) is 11.8 Å². The molecule has 1 fully saturated rings. The summed E-state index contributed by atoms with van der Waals surface area (Å²) in [5.41, 5.74) is 0. The maximum atomic E-state index is 10.5. The molecule has 0 spiro atoms. The molecule has 7 heteroatoms. The lowest BCUT2D eigenvalue weighted by Gasteiger charge is -2.19. The van der Waals surface area contributed by atoms with Crippen LogP contribution in [0.3, 0.4) is 0 Å². The Balaban J connectivity index is 2.04. The smallest absolute Gasteiger partial charge is 0.313 e. The summed E-state index contributed by atoms with van der Waals surface area (Å²) in [7, 11) is 0. The van der Waals surface area contributed by atoms with Crippen LogP contribution >= 0.6 is 11.8 Å². The van der Waals surface area contributed by atoms with Crippen LogP contribution in [-0.2, 0) is 4.79 Å². The van der Waals surface area contributed by atoms with Crippen molar-refractivity contribution >= 4 is 17.7 Å². The van der Waals surface area contributed by atoms with E-state index < -0.39 is 5.97 Å². The number of carbonyl (C=O) groups is 1. The zero-order chi connectivity index (χ0) is 12.3. The van der Waals surface area contributed by atoms with E-state index in [9.17, 15) is 4.79 Å². The molecule has 1 heterocycles. The predicted octanol–water partition coefficient (Wildman–Crippen LogP) is 1.60. The van der Waals surface area contributed by atoms with Crippen LogP contribution in [0.25, 0.3) is 0 Å². The normalized spacial score (nSPS) is 18.4. The number of rotatable bonds is 5. The standard InChI is InChI=1S/C10H16N4O2S/c1-7(8-4-2-3-5-8)14-10(11-12-13-14)17-6-9(15)16/h7-8H,2-6H2,1H3,(H,15,16). The molecule has 1 aromatic heterocycles. The lowest BCUT2D eigenvalue weighted by Crippen LogP contribution is -2.17. The molecule has 0 aromatic carbocycles. The molecule has 1 N–H and O–H groups in total. The minimum Gasteiger partial charge on any atom is -0.481 e. The zero-order valence-electron chi connectivity index (χ0n) is 9.74. The van der Waals surface area contributed by atoms with Gasteiger partial charge in [0.2, 0.25) is 5.16 Å². The molecule has 0 saturated heterocycles. The van der Waals surface area contributed by atoms with Gasteiger partial charge in [0, 0.05) is 0 Å². The maximum absolute atomic E-state index is 10.5. The highest BCUT2D eigenvalue weighted by molar-refractivity contribution is 7.99. The van der Waals surface area contributed by atoms with Crippen LogP contribution < -0.4 is 0 Å². The van der Waals surface area contributed by atoms with Crippen LogP contribution in [0.15, 0.2) is 5.16 Å². The van der Waals surface area contributed by atoms with Crippen molar-refractivity contribution in [2.75, 3.05) is 5.75 Å². The Kier molecular flexibility index (Phi) is 3.98. The molecule has 1 aliphatic carbocycles. The molecule has 17 heavy (non-hydrogen) atoms. The molecule has 6 nitrogen and oxygen atoms in total. The summed E-state index contributed by atoms with van der Waals surface area (Å²) in [6.07, 6.45) is 4.97. The van der Waals surface area contributed by atoms with Gasteiger partial charge in [0.1, 0.15) is 0 Å². The van der Waals surface area contributed by atoms with E-state index in [0.717, 1.165) is 0 Å². The van der Waals surface area contributed by atoms with Crippen LogP contribution in [0.1, 0.15) is 38.6 Å². The maximum Gasteiger partial charge on any atom is 0.313 e. The van der Waals surface area contributed by atoms with E-state index >= 15 is 0 Å². The number of hydrogen-bond donors (Lipinski definition) is 1. The minimum atomic E-state index is -0.849. The van der Waals surface area contributed by atoms with E-state index in [1.165, 1.54) is 37.4 Å². The number of carboxylic acids is 1. The summed E-state index contributed by atoms with van der Waals surface area (Å²) in [6, 6.07) is 0.254. The Bertz CT molecular complexity index is 389.